The Kier molecular flexibility index (Phi) is 3.02. The first-order valence-electron chi connectivity index (χ1n) is 6.37. The zero-order chi connectivity index (χ0) is 12.4. The number of fused-ring (bicyclic) bond motifs is 1. The lowest BCUT2D eigenvalue weighted by molar-refractivity contribution is 0.340. The van der Waals surface area contributed by atoms with Crippen LogP contribution in [-0.4, -0.2) is 22.7 Å². The molecule has 0 saturated heterocycles. The Morgan fingerprint density at radius 1 is 1.44 bits per heavy atom. The molecule has 2 aromatic rings. The van der Waals surface area contributed by atoms with Crippen molar-refractivity contribution < 1.29 is 4.74 Å². The number of benzene rings is 1. The van der Waals surface area contributed by atoms with Crippen molar-refractivity contribution in [2.24, 2.45) is 0 Å². The minimum Gasteiger partial charge on any atom is -0.494 e. The SMILES string of the molecule is CCOc1cccc(-c2ncc3n2CCNC3)c1. The van der Waals surface area contributed by atoms with Gasteiger partial charge in [0.1, 0.15) is 11.6 Å². The Hall–Kier alpha value is -1.81. The normalized spacial score (nSPS) is 14.3. The standard InChI is InChI=1S/C14H17N3O/c1-2-18-13-5-3-4-11(8-13)14-16-10-12-9-15-6-7-17(12)14/h3-5,8,10,15H,2,6-7,9H2,1H3. The topological polar surface area (TPSA) is 39.1 Å². The molecule has 0 spiro atoms. The van der Waals surface area contributed by atoms with Crippen LogP contribution in [0.2, 0.25) is 0 Å². The highest BCUT2D eigenvalue weighted by Gasteiger charge is 2.14. The maximum absolute atomic E-state index is 5.54. The maximum atomic E-state index is 5.54. The van der Waals surface area contributed by atoms with Gasteiger partial charge in [0.2, 0.25) is 0 Å². The van der Waals surface area contributed by atoms with Crippen LogP contribution in [0.3, 0.4) is 0 Å². The molecular formula is C14H17N3O. The Balaban J connectivity index is 1.99. The Morgan fingerprint density at radius 2 is 2.39 bits per heavy atom. The first-order chi connectivity index (χ1) is 8.88. The van der Waals surface area contributed by atoms with Gasteiger partial charge in [0.05, 0.1) is 18.5 Å². The van der Waals surface area contributed by atoms with E-state index in [0.29, 0.717) is 6.61 Å². The van der Waals surface area contributed by atoms with E-state index in [4.69, 9.17) is 4.74 Å². The molecular weight excluding hydrogens is 226 g/mol. The fourth-order valence-corrected chi connectivity index (χ4v) is 2.33. The van der Waals surface area contributed by atoms with Crippen molar-refractivity contribution in [3.63, 3.8) is 0 Å². The molecule has 0 atom stereocenters. The first-order valence-corrected chi connectivity index (χ1v) is 6.37. The van der Waals surface area contributed by atoms with Crippen molar-refractivity contribution in [3.8, 4) is 17.1 Å². The molecule has 0 radical (unpaired) electrons. The molecule has 1 aromatic heterocycles. The molecule has 4 nitrogen and oxygen atoms in total. The van der Waals surface area contributed by atoms with Gasteiger partial charge in [-0.05, 0) is 19.1 Å². The summed E-state index contributed by atoms with van der Waals surface area (Å²) in [6.07, 6.45) is 1.95. The highest BCUT2D eigenvalue weighted by Crippen LogP contribution is 2.24. The molecule has 1 aliphatic rings. The Labute approximate surface area is 107 Å². The van der Waals surface area contributed by atoms with Gasteiger partial charge in [-0.3, -0.25) is 0 Å². The highest BCUT2D eigenvalue weighted by atomic mass is 16.5. The van der Waals surface area contributed by atoms with Crippen molar-refractivity contribution in [1.29, 1.82) is 0 Å². The second kappa shape index (κ2) is 4.82. The van der Waals surface area contributed by atoms with Crippen LogP contribution in [-0.2, 0) is 13.1 Å². The molecule has 1 N–H and O–H groups in total. The van der Waals surface area contributed by atoms with E-state index < -0.39 is 0 Å². The van der Waals surface area contributed by atoms with Gasteiger partial charge in [0.25, 0.3) is 0 Å². The number of nitrogens with one attached hydrogen (secondary N) is 1. The van der Waals surface area contributed by atoms with Crippen LogP contribution in [0.25, 0.3) is 11.4 Å². The highest BCUT2D eigenvalue weighted by molar-refractivity contribution is 5.58. The smallest absolute Gasteiger partial charge is 0.140 e. The number of ether oxygens (including phenoxy) is 1. The second-order valence-electron chi connectivity index (χ2n) is 4.36. The van der Waals surface area contributed by atoms with Crippen molar-refractivity contribution in [3.05, 3.63) is 36.2 Å². The van der Waals surface area contributed by atoms with Gasteiger partial charge in [-0.25, -0.2) is 4.98 Å². The quantitative estimate of drug-likeness (QED) is 0.896. The summed E-state index contributed by atoms with van der Waals surface area (Å²) < 4.78 is 7.82. The molecule has 1 aromatic carbocycles. The molecule has 0 bridgehead atoms. The lowest BCUT2D eigenvalue weighted by Crippen LogP contribution is -2.27. The molecule has 4 heteroatoms. The van der Waals surface area contributed by atoms with Gasteiger partial charge in [-0.15, -0.1) is 0 Å². The van der Waals surface area contributed by atoms with E-state index >= 15 is 0 Å². The van der Waals surface area contributed by atoms with Gasteiger partial charge < -0.3 is 14.6 Å². The van der Waals surface area contributed by atoms with Gasteiger partial charge in [0.15, 0.2) is 0 Å². The van der Waals surface area contributed by atoms with Gasteiger partial charge in [0, 0.05) is 25.2 Å². The summed E-state index contributed by atoms with van der Waals surface area (Å²) in [5, 5.41) is 3.35. The molecule has 0 unspecified atom stereocenters. The summed E-state index contributed by atoms with van der Waals surface area (Å²) in [4.78, 5) is 4.54. The number of imidazole rings is 1. The molecule has 0 amide bonds. The van der Waals surface area contributed by atoms with Crippen LogP contribution in [0.1, 0.15) is 12.6 Å². The van der Waals surface area contributed by atoms with Crippen molar-refractivity contribution in [2.75, 3.05) is 13.2 Å². The van der Waals surface area contributed by atoms with E-state index in [-0.39, 0.29) is 0 Å². The molecule has 94 valence electrons. The monoisotopic (exact) mass is 243 g/mol. The van der Waals surface area contributed by atoms with E-state index in [1.54, 1.807) is 0 Å². The predicted octanol–water partition coefficient (Wildman–Crippen LogP) is 2.05. The Morgan fingerprint density at radius 3 is 3.28 bits per heavy atom. The second-order valence-corrected chi connectivity index (χ2v) is 4.36. The van der Waals surface area contributed by atoms with Crippen LogP contribution in [0.4, 0.5) is 0 Å². The first kappa shape index (κ1) is 11.3. The number of nitrogens with zero attached hydrogens (tertiary/aromatic N) is 2. The van der Waals surface area contributed by atoms with Crippen LogP contribution in [0.5, 0.6) is 5.75 Å². The van der Waals surface area contributed by atoms with E-state index in [0.717, 1.165) is 36.8 Å². The number of hydrogen-bond donors (Lipinski definition) is 1. The van der Waals surface area contributed by atoms with Crippen LogP contribution in [0.15, 0.2) is 30.5 Å². The summed E-state index contributed by atoms with van der Waals surface area (Å²) in [6, 6.07) is 8.14. The molecule has 3 rings (SSSR count). The summed E-state index contributed by atoms with van der Waals surface area (Å²) in [7, 11) is 0. The fourth-order valence-electron chi connectivity index (χ4n) is 2.33. The minimum atomic E-state index is 0.688. The molecule has 1 aliphatic heterocycles. The van der Waals surface area contributed by atoms with Crippen LogP contribution in [0, 0.1) is 0 Å². The summed E-state index contributed by atoms with van der Waals surface area (Å²) in [5.74, 6) is 1.94. The number of hydrogen-bond acceptors (Lipinski definition) is 3. The predicted molar refractivity (Wildman–Crippen MR) is 70.5 cm³/mol. The summed E-state index contributed by atoms with van der Waals surface area (Å²) in [5.41, 5.74) is 2.37. The summed E-state index contributed by atoms with van der Waals surface area (Å²) in [6.45, 7) is 5.56. The average Bonchev–Trinajstić information content (AvgIpc) is 2.83. The van der Waals surface area contributed by atoms with Gasteiger partial charge >= 0.3 is 0 Å². The lowest BCUT2D eigenvalue weighted by Gasteiger charge is -2.18. The lowest BCUT2D eigenvalue weighted by atomic mass is 10.2. The molecule has 2 heterocycles. The molecule has 18 heavy (non-hydrogen) atoms. The van der Waals surface area contributed by atoms with Crippen molar-refractivity contribution in [2.45, 2.75) is 20.0 Å². The molecule has 0 fully saturated rings. The van der Waals surface area contributed by atoms with E-state index in [1.807, 2.05) is 25.3 Å². The van der Waals surface area contributed by atoms with Gasteiger partial charge in [-0.1, -0.05) is 12.1 Å². The Bertz CT molecular complexity index is 548. The average molecular weight is 243 g/mol. The van der Waals surface area contributed by atoms with E-state index in [2.05, 4.69) is 27.0 Å². The largest absolute Gasteiger partial charge is 0.494 e. The van der Waals surface area contributed by atoms with Gasteiger partial charge in [-0.2, -0.15) is 0 Å². The summed E-state index contributed by atoms with van der Waals surface area (Å²) >= 11 is 0. The zero-order valence-electron chi connectivity index (χ0n) is 10.5. The molecule has 0 saturated carbocycles. The van der Waals surface area contributed by atoms with Crippen molar-refractivity contribution in [1.82, 2.24) is 14.9 Å². The third-order valence-corrected chi connectivity index (χ3v) is 3.16. The molecule has 0 aliphatic carbocycles. The minimum absolute atomic E-state index is 0.688. The zero-order valence-corrected chi connectivity index (χ0v) is 10.5. The van der Waals surface area contributed by atoms with E-state index in [1.165, 1.54) is 5.69 Å². The number of aromatic nitrogens is 2. The fraction of sp³-hybridized carbons (Fsp3) is 0.357. The maximum Gasteiger partial charge on any atom is 0.140 e. The third-order valence-electron chi connectivity index (χ3n) is 3.16. The van der Waals surface area contributed by atoms with E-state index in [9.17, 15) is 0 Å². The van der Waals surface area contributed by atoms with Crippen molar-refractivity contribution >= 4 is 0 Å². The number of rotatable bonds is 3. The third kappa shape index (κ3) is 1.99. The van der Waals surface area contributed by atoms with Crippen LogP contribution >= 0.6 is 0 Å². The van der Waals surface area contributed by atoms with Crippen LogP contribution < -0.4 is 10.1 Å².